The van der Waals surface area contributed by atoms with Crippen LogP contribution in [0.5, 0.6) is 0 Å². The lowest BCUT2D eigenvalue weighted by Crippen LogP contribution is -2.28. The molecule has 0 atom stereocenters. The first-order chi connectivity index (χ1) is 15.5. The number of hydrogen-bond acceptors (Lipinski definition) is 8. The second kappa shape index (κ2) is 9.81. The van der Waals surface area contributed by atoms with Crippen molar-refractivity contribution < 1.29 is 26.0 Å². The molecule has 1 N–H and O–H groups in total. The van der Waals surface area contributed by atoms with Crippen molar-refractivity contribution in [2.24, 2.45) is 0 Å². The molecule has 1 heterocycles. The second-order valence-electron chi connectivity index (χ2n) is 7.37. The van der Waals surface area contributed by atoms with Gasteiger partial charge in [0.2, 0.25) is 15.9 Å². The van der Waals surface area contributed by atoms with E-state index in [1.54, 1.807) is 12.1 Å². The van der Waals surface area contributed by atoms with Crippen molar-refractivity contribution in [1.82, 2.24) is 14.5 Å². The molecule has 0 aliphatic rings. The Morgan fingerprint density at radius 1 is 1.03 bits per heavy atom. The first-order valence-electron chi connectivity index (χ1n) is 10.0. The lowest BCUT2D eigenvalue weighted by molar-refractivity contribution is 0.102. The van der Waals surface area contributed by atoms with Crippen LogP contribution in [0, 0.1) is 0 Å². The summed E-state index contributed by atoms with van der Waals surface area (Å²) in [6.45, 7) is 2.39. The van der Waals surface area contributed by atoms with Crippen molar-refractivity contribution in [2.75, 3.05) is 25.2 Å². The van der Waals surface area contributed by atoms with Crippen LogP contribution < -0.4 is 5.32 Å². The number of benzene rings is 2. The molecular weight excluding hydrogens is 468 g/mol. The first kappa shape index (κ1) is 24.6. The summed E-state index contributed by atoms with van der Waals surface area (Å²) in [5.41, 5.74) is 0.580. The average Bonchev–Trinajstić information content (AvgIpc) is 3.25. The third kappa shape index (κ3) is 5.83. The highest BCUT2D eigenvalue weighted by Crippen LogP contribution is 2.23. The molecule has 0 saturated heterocycles. The van der Waals surface area contributed by atoms with Crippen LogP contribution in [-0.4, -0.2) is 57.1 Å². The summed E-state index contributed by atoms with van der Waals surface area (Å²) in [7, 11) is -5.53. The van der Waals surface area contributed by atoms with Gasteiger partial charge in [0.15, 0.2) is 9.84 Å². The van der Waals surface area contributed by atoms with Gasteiger partial charge in [-0.25, -0.2) is 21.1 Å². The van der Waals surface area contributed by atoms with Gasteiger partial charge in [-0.3, -0.25) is 10.1 Å². The van der Waals surface area contributed by atoms with E-state index in [9.17, 15) is 21.6 Å². The van der Waals surface area contributed by atoms with Gasteiger partial charge >= 0.3 is 6.01 Å². The summed E-state index contributed by atoms with van der Waals surface area (Å²) < 4.78 is 55.3. The molecule has 0 unspecified atom stereocenters. The fraction of sp³-hybridized carbons (Fsp3) is 0.286. The molecule has 2 aromatic carbocycles. The molecule has 0 fully saturated rings. The molecule has 3 rings (SSSR count). The Hall–Kier alpha value is -3.09. The SMILES string of the molecule is CCCCN(C)S(=O)(=O)c1ccc(C(=O)Nc2nnc(-c3cccc(S(C)(=O)=O)c3)o2)cc1. The van der Waals surface area contributed by atoms with E-state index in [1.807, 2.05) is 6.92 Å². The van der Waals surface area contributed by atoms with E-state index in [0.717, 1.165) is 19.1 Å². The third-order valence-electron chi connectivity index (χ3n) is 4.81. The second-order valence-corrected chi connectivity index (χ2v) is 11.4. The van der Waals surface area contributed by atoms with Gasteiger partial charge in [0.05, 0.1) is 9.79 Å². The Bertz CT molecular complexity index is 1350. The fourth-order valence-corrected chi connectivity index (χ4v) is 4.75. The zero-order valence-electron chi connectivity index (χ0n) is 18.3. The number of carbonyl (C=O) groups excluding carboxylic acids is 1. The first-order valence-corrected chi connectivity index (χ1v) is 13.4. The molecule has 0 aliphatic carbocycles. The van der Waals surface area contributed by atoms with Gasteiger partial charge in [-0.05, 0) is 48.9 Å². The van der Waals surface area contributed by atoms with Gasteiger partial charge < -0.3 is 4.42 Å². The standard InChI is InChI=1S/C21H24N4O6S2/c1-4-5-13-25(2)33(29,30)17-11-9-15(10-12-17)19(26)22-21-24-23-20(31-21)16-7-6-8-18(14-16)32(3,27)28/h6-12,14H,4-5,13H2,1-3H3,(H,22,24,26). The summed E-state index contributed by atoms with van der Waals surface area (Å²) in [5.74, 6) is -0.536. The highest BCUT2D eigenvalue weighted by Gasteiger charge is 2.21. The number of rotatable bonds is 9. The molecule has 10 nitrogen and oxygen atoms in total. The maximum Gasteiger partial charge on any atom is 0.322 e. The number of sulfonamides is 1. The summed E-state index contributed by atoms with van der Waals surface area (Å²) in [5, 5.41) is 10.0. The van der Waals surface area contributed by atoms with E-state index in [0.29, 0.717) is 12.1 Å². The molecule has 3 aromatic rings. The van der Waals surface area contributed by atoms with E-state index < -0.39 is 25.8 Å². The van der Waals surface area contributed by atoms with Gasteiger partial charge in [-0.2, -0.15) is 0 Å². The zero-order valence-corrected chi connectivity index (χ0v) is 20.0. The molecule has 0 spiro atoms. The largest absolute Gasteiger partial charge is 0.403 e. The van der Waals surface area contributed by atoms with Crippen LogP contribution in [-0.2, 0) is 19.9 Å². The molecule has 1 aromatic heterocycles. The fourth-order valence-electron chi connectivity index (χ4n) is 2.88. The molecule has 12 heteroatoms. The molecule has 0 aliphatic heterocycles. The Morgan fingerprint density at radius 2 is 1.73 bits per heavy atom. The number of sulfone groups is 1. The van der Waals surface area contributed by atoms with Crippen molar-refractivity contribution in [2.45, 2.75) is 29.6 Å². The molecular formula is C21H24N4O6S2. The molecule has 0 radical (unpaired) electrons. The van der Waals surface area contributed by atoms with Crippen molar-refractivity contribution in [3.63, 3.8) is 0 Å². The number of aromatic nitrogens is 2. The monoisotopic (exact) mass is 492 g/mol. The Kier molecular flexibility index (Phi) is 7.30. The van der Waals surface area contributed by atoms with Crippen molar-refractivity contribution in [1.29, 1.82) is 0 Å². The summed E-state index contributed by atoms with van der Waals surface area (Å²) in [4.78, 5) is 12.7. The minimum absolute atomic E-state index is 0.0346. The van der Waals surface area contributed by atoms with Crippen LogP contribution in [0.3, 0.4) is 0 Å². The quantitative estimate of drug-likeness (QED) is 0.481. The van der Waals surface area contributed by atoms with Crippen LogP contribution in [0.4, 0.5) is 6.01 Å². The minimum Gasteiger partial charge on any atom is -0.403 e. The summed E-state index contributed by atoms with van der Waals surface area (Å²) >= 11 is 0. The van der Waals surface area contributed by atoms with Crippen LogP contribution in [0.2, 0.25) is 0 Å². The van der Waals surface area contributed by atoms with E-state index in [-0.39, 0.29) is 27.3 Å². The lowest BCUT2D eigenvalue weighted by atomic mass is 10.2. The topological polar surface area (TPSA) is 140 Å². The maximum atomic E-state index is 12.6. The molecule has 33 heavy (non-hydrogen) atoms. The number of nitrogens with zero attached hydrogens (tertiary/aromatic N) is 3. The molecule has 0 saturated carbocycles. The van der Waals surface area contributed by atoms with E-state index in [1.165, 1.54) is 47.8 Å². The highest BCUT2D eigenvalue weighted by molar-refractivity contribution is 7.90. The highest BCUT2D eigenvalue weighted by atomic mass is 32.2. The van der Waals surface area contributed by atoms with Gasteiger partial charge in [0.25, 0.3) is 5.91 Å². The molecule has 0 bridgehead atoms. The maximum absolute atomic E-state index is 12.6. The number of unbranched alkanes of at least 4 members (excludes halogenated alkanes) is 1. The van der Waals surface area contributed by atoms with Crippen LogP contribution in [0.25, 0.3) is 11.5 Å². The van der Waals surface area contributed by atoms with E-state index in [2.05, 4.69) is 15.5 Å². The van der Waals surface area contributed by atoms with Gasteiger partial charge in [-0.15, -0.1) is 5.10 Å². The number of amides is 1. The Morgan fingerprint density at radius 3 is 2.36 bits per heavy atom. The van der Waals surface area contributed by atoms with Crippen LogP contribution in [0.15, 0.2) is 62.7 Å². The van der Waals surface area contributed by atoms with Crippen LogP contribution in [0.1, 0.15) is 30.1 Å². The Balaban J connectivity index is 1.72. The van der Waals surface area contributed by atoms with E-state index >= 15 is 0 Å². The lowest BCUT2D eigenvalue weighted by Gasteiger charge is -2.16. The average molecular weight is 493 g/mol. The van der Waals surface area contributed by atoms with Gasteiger partial charge in [-0.1, -0.05) is 24.5 Å². The summed E-state index contributed by atoms with van der Waals surface area (Å²) in [6, 6.07) is 11.3. The smallest absolute Gasteiger partial charge is 0.322 e. The predicted molar refractivity (Wildman–Crippen MR) is 122 cm³/mol. The van der Waals surface area contributed by atoms with Crippen molar-refractivity contribution >= 4 is 31.8 Å². The normalized spacial score (nSPS) is 12.1. The third-order valence-corrected chi connectivity index (χ3v) is 7.79. The number of hydrogen-bond donors (Lipinski definition) is 1. The van der Waals surface area contributed by atoms with Crippen LogP contribution >= 0.6 is 0 Å². The van der Waals surface area contributed by atoms with Gasteiger partial charge in [0, 0.05) is 31.0 Å². The molecule has 1 amide bonds. The Labute approximate surface area is 192 Å². The molecule has 176 valence electrons. The number of carbonyl (C=O) groups is 1. The number of nitrogens with one attached hydrogen (secondary N) is 1. The minimum atomic E-state index is -3.64. The zero-order chi connectivity index (χ0) is 24.2. The predicted octanol–water partition coefficient (Wildman–Crippen LogP) is 2.81. The summed E-state index contributed by atoms with van der Waals surface area (Å²) in [6.07, 6.45) is 2.71. The van der Waals surface area contributed by atoms with E-state index in [4.69, 9.17) is 4.42 Å². The van der Waals surface area contributed by atoms with Crippen molar-refractivity contribution in [3.8, 4) is 11.5 Å². The number of anilines is 1. The van der Waals surface area contributed by atoms with Gasteiger partial charge in [0.1, 0.15) is 0 Å². The van der Waals surface area contributed by atoms with Crippen molar-refractivity contribution in [3.05, 3.63) is 54.1 Å².